The molecule has 4 rings (SSSR count). The second kappa shape index (κ2) is 10.8. The number of ether oxygens (including phenoxy) is 1. The van der Waals surface area contributed by atoms with Crippen molar-refractivity contribution in [1.29, 1.82) is 0 Å². The van der Waals surface area contributed by atoms with Gasteiger partial charge in [0.1, 0.15) is 28.6 Å². The van der Waals surface area contributed by atoms with Crippen LogP contribution in [0, 0.1) is 19.8 Å². The number of hydrogen-bond donors (Lipinski definition) is 2. The molecule has 1 saturated heterocycles. The van der Waals surface area contributed by atoms with E-state index >= 15 is 0 Å². The molecular formula is C26H29ClFN2O5P. The van der Waals surface area contributed by atoms with Gasteiger partial charge in [-0.2, -0.15) is 4.39 Å². The maximum atomic E-state index is 14.6. The number of aryl methyl sites for hydroxylation is 1. The van der Waals surface area contributed by atoms with Crippen molar-refractivity contribution < 1.29 is 27.8 Å². The molecule has 0 spiro atoms. The number of aromatic nitrogens is 1. The molecule has 7 nitrogen and oxygen atoms in total. The van der Waals surface area contributed by atoms with Crippen LogP contribution in [0.1, 0.15) is 54.5 Å². The van der Waals surface area contributed by atoms with Crippen LogP contribution in [0.4, 0.5) is 10.2 Å². The summed E-state index contributed by atoms with van der Waals surface area (Å²) in [6.07, 6.45) is -0.00486. The highest BCUT2D eigenvalue weighted by atomic mass is 35.5. The molecule has 0 radical (unpaired) electrons. The van der Waals surface area contributed by atoms with Crippen molar-refractivity contribution in [2.45, 2.75) is 46.1 Å². The first-order chi connectivity index (χ1) is 17.1. The predicted molar refractivity (Wildman–Crippen MR) is 138 cm³/mol. The minimum atomic E-state index is -3.54. The van der Waals surface area contributed by atoms with Gasteiger partial charge in [-0.1, -0.05) is 55.3 Å². The number of rotatable bonds is 7. The molecular weight excluding hydrogens is 506 g/mol. The first-order valence-electron chi connectivity index (χ1n) is 11.6. The summed E-state index contributed by atoms with van der Waals surface area (Å²) in [5, 5.41) is 12.7. The number of benzene rings is 2. The highest BCUT2D eigenvalue weighted by Crippen LogP contribution is 2.56. The van der Waals surface area contributed by atoms with Gasteiger partial charge >= 0.3 is 7.60 Å². The second-order valence-electron chi connectivity index (χ2n) is 9.07. The highest BCUT2D eigenvalue weighted by Gasteiger charge is 2.35. The molecule has 1 aliphatic heterocycles. The minimum absolute atomic E-state index is 0.0489. The fourth-order valence-electron chi connectivity index (χ4n) is 4.00. The van der Waals surface area contributed by atoms with Crippen molar-refractivity contribution >= 4 is 25.0 Å². The van der Waals surface area contributed by atoms with Gasteiger partial charge in [0.25, 0.3) is 0 Å². The Labute approximate surface area is 215 Å². The number of hydrogen-bond acceptors (Lipinski definition) is 7. The first kappa shape index (κ1) is 26.4. The number of anilines is 1. The summed E-state index contributed by atoms with van der Waals surface area (Å²) in [5.74, 6) is -0.199. The molecule has 1 fully saturated rings. The molecule has 1 aromatic heterocycles. The average Bonchev–Trinajstić information content (AvgIpc) is 2.84. The molecule has 10 heteroatoms. The van der Waals surface area contributed by atoms with Gasteiger partial charge in [0.2, 0.25) is 5.95 Å². The van der Waals surface area contributed by atoms with Gasteiger partial charge in [-0.3, -0.25) is 9.09 Å². The molecule has 1 aliphatic rings. The van der Waals surface area contributed by atoms with Crippen molar-refractivity contribution in [3.05, 3.63) is 75.7 Å². The van der Waals surface area contributed by atoms with Crippen molar-refractivity contribution in [3.63, 3.8) is 0 Å². The molecule has 36 heavy (non-hydrogen) atoms. The fourth-order valence-corrected chi connectivity index (χ4v) is 5.79. The lowest BCUT2D eigenvalue weighted by Gasteiger charge is -2.30. The monoisotopic (exact) mass is 534 g/mol. The predicted octanol–water partition coefficient (Wildman–Crippen LogP) is 7.85. The van der Waals surface area contributed by atoms with Crippen LogP contribution in [0.15, 0.2) is 42.5 Å². The molecule has 2 aromatic carbocycles. The van der Waals surface area contributed by atoms with Gasteiger partial charge in [-0.15, -0.1) is 0 Å². The van der Waals surface area contributed by atoms with Crippen LogP contribution < -0.4 is 10.1 Å². The maximum absolute atomic E-state index is 14.6. The Kier molecular flexibility index (Phi) is 7.90. The summed E-state index contributed by atoms with van der Waals surface area (Å²) in [5.41, 5.74) is 3.10. The topological polar surface area (TPSA) is 89.9 Å². The van der Waals surface area contributed by atoms with Crippen molar-refractivity contribution in [3.8, 4) is 17.2 Å². The lowest BCUT2D eigenvalue weighted by molar-refractivity contribution is 0.0822. The zero-order valence-corrected chi connectivity index (χ0v) is 22.2. The van der Waals surface area contributed by atoms with Crippen molar-refractivity contribution in [2.24, 2.45) is 0 Å². The van der Waals surface area contributed by atoms with E-state index in [2.05, 4.69) is 10.3 Å². The Morgan fingerprint density at radius 1 is 1.28 bits per heavy atom. The summed E-state index contributed by atoms with van der Waals surface area (Å²) < 4.78 is 45.3. The normalized spacial score (nSPS) is 19.9. The zero-order chi connectivity index (χ0) is 26.0. The van der Waals surface area contributed by atoms with Crippen LogP contribution in [0.5, 0.6) is 17.2 Å². The van der Waals surface area contributed by atoms with Crippen LogP contribution in [0.3, 0.4) is 0 Å². The van der Waals surface area contributed by atoms with E-state index in [-0.39, 0.29) is 47.3 Å². The number of nitrogens with zero attached hydrogens (tertiary/aromatic N) is 1. The van der Waals surface area contributed by atoms with Gasteiger partial charge in [0, 0.05) is 17.5 Å². The molecule has 0 saturated carbocycles. The third-order valence-electron chi connectivity index (χ3n) is 5.94. The molecule has 2 atom stereocenters. The molecule has 2 heterocycles. The van der Waals surface area contributed by atoms with Gasteiger partial charge in [0.05, 0.1) is 12.7 Å². The highest BCUT2D eigenvalue weighted by molar-refractivity contribution is 7.54. The number of halogens is 2. The third-order valence-corrected chi connectivity index (χ3v) is 7.96. The van der Waals surface area contributed by atoms with Crippen LogP contribution in [0.2, 0.25) is 5.02 Å². The molecule has 2 N–H and O–H groups in total. The number of phenolic OH excluding ortho intramolecular Hbond substituents is 1. The van der Waals surface area contributed by atoms with Crippen LogP contribution in [-0.4, -0.2) is 23.0 Å². The van der Waals surface area contributed by atoms with Crippen LogP contribution >= 0.6 is 19.2 Å². The molecule has 0 bridgehead atoms. The largest absolute Gasteiger partial charge is 0.508 e. The van der Waals surface area contributed by atoms with Gasteiger partial charge in [0.15, 0.2) is 5.75 Å². The Bertz CT molecular complexity index is 1320. The van der Waals surface area contributed by atoms with Gasteiger partial charge < -0.3 is 19.7 Å². The molecule has 3 aromatic rings. The van der Waals surface area contributed by atoms with E-state index in [1.165, 1.54) is 6.07 Å². The van der Waals surface area contributed by atoms with E-state index in [1.807, 2.05) is 45.0 Å². The lowest BCUT2D eigenvalue weighted by atomic mass is 10.0. The first-order valence-corrected chi connectivity index (χ1v) is 13.8. The standard InChI is InChI=1S/C26H29ClFN2O5P/c1-15(2)20-13-19(8-9-21(20)31)34-24-17(4)26(30-25(28)23(24)27)29-14-36(32)33-11-10-22(35-36)18-7-5-6-16(3)12-18/h5-9,12-13,15,22,31H,10-11,14H2,1-4H3,(H,29,30)/t22-,36+/m0/s1. The Balaban J connectivity index is 1.54. The van der Waals surface area contributed by atoms with E-state index in [4.69, 9.17) is 25.4 Å². The molecule has 192 valence electrons. The van der Waals surface area contributed by atoms with E-state index < -0.39 is 13.5 Å². The Morgan fingerprint density at radius 3 is 2.78 bits per heavy atom. The van der Waals surface area contributed by atoms with E-state index in [0.717, 1.165) is 11.1 Å². The minimum Gasteiger partial charge on any atom is -0.508 e. The quantitative estimate of drug-likeness (QED) is 0.235. The van der Waals surface area contributed by atoms with Crippen molar-refractivity contribution in [2.75, 3.05) is 18.2 Å². The SMILES string of the molecule is Cc1cccc([C@@H]2CCO[P@](=O)(CNc3nc(F)c(Cl)c(Oc4ccc(O)c(C(C)C)c4)c3C)O2)c1. The fraction of sp³-hybridized carbons (Fsp3) is 0.346. The number of nitrogens with one attached hydrogen (secondary N) is 1. The van der Waals surface area contributed by atoms with Crippen molar-refractivity contribution in [1.82, 2.24) is 4.98 Å². The smallest absolute Gasteiger partial charge is 0.350 e. The number of pyridine rings is 1. The Morgan fingerprint density at radius 2 is 2.06 bits per heavy atom. The van der Waals surface area contributed by atoms with Gasteiger partial charge in [-0.25, -0.2) is 4.98 Å². The van der Waals surface area contributed by atoms with Gasteiger partial charge in [-0.05, 0) is 43.5 Å². The van der Waals surface area contributed by atoms with E-state index in [9.17, 15) is 14.1 Å². The molecule has 0 unspecified atom stereocenters. The zero-order valence-electron chi connectivity index (χ0n) is 20.5. The van der Waals surface area contributed by atoms with E-state index in [1.54, 1.807) is 19.1 Å². The molecule has 0 amide bonds. The summed E-state index contributed by atoms with van der Waals surface area (Å²) in [7, 11) is -3.54. The maximum Gasteiger partial charge on any atom is 0.350 e. The average molecular weight is 535 g/mol. The second-order valence-corrected chi connectivity index (χ2v) is 11.5. The summed E-state index contributed by atoms with van der Waals surface area (Å²) >= 11 is 6.19. The van der Waals surface area contributed by atoms with E-state index in [0.29, 0.717) is 23.3 Å². The molecule has 0 aliphatic carbocycles. The van der Waals surface area contributed by atoms with Crippen LogP contribution in [-0.2, 0) is 13.6 Å². The summed E-state index contributed by atoms with van der Waals surface area (Å²) in [4.78, 5) is 3.88. The summed E-state index contributed by atoms with van der Waals surface area (Å²) in [6.45, 7) is 7.78. The Hall–Kier alpha value is -2.64. The summed E-state index contributed by atoms with van der Waals surface area (Å²) in [6, 6.07) is 12.6. The number of phenols is 1. The number of aromatic hydroxyl groups is 1. The van der Waals surface area contributed by atoms with Crippen LogP contribution in [0.25, 0.3) is 0 Å². The third kappa shape index (κ3) is 5.84. The lowest BCUT2D eigenvalue weighted by Crippen LogP contribution is -2.19.